The van der Waals surface area contributed by atoms with Gasteiger partial charge in [0.25, 0.3) is 0 Å². The molecule has 1 aliphatic rings. The largest absolute Gasteiger partial charge is 0.497 e. The summed E-state index contributed by atoms with van der Waals surface area (Å²) in [5, 5.41) is 11.6. The van der Waals surface area contributed by atoms with Crippen molar-refractivity contribution in [3.63, 3.8) is 0 Å². The van der Waals surface area contributed by atoms with Gasteiger partial charge in [-0.05, 0) is 43.4 Å². The molecular weight excluding hydrogens is 278 g/mol. The SMILES string of the molecule is COc1ccc2c(c1)C(O)(CN(C)C)c1ccccc1OC2. The zero-order valence-electron chi connectivity index (χ0n) is 13.2. The molecule has 0 saturated carbocycles. The van der Waals surface area contributed by atoms with Crippen LogP contribution in [-0.2, 0) is 12.2 Å². The molecule has 1 unspecified atom stereocenters. The van der Waals surface area contributed by atoms with Crippen LogP contribution in [0.1, 0.15) is 16.7 Å². The third kappa shape index (κ3) is 2.45. The van der Waals surface area contributed by atoms with Crippen molar-refractivity contribution in [1.29, 1.82) is 0 Å². The fourth-order valence-electron chi connectivity index (χ4n) is 3.06. The standard InChI is InChI=1S/C18H21NO3/c1-19(2)12-18(20)15-6-4-5-7-17(15)22-11-13-8-9-14(21-3)10-16(13)18/h4-10,20H,11-12H2,1-3H3. The molecule has 1 heterocycles. The summed E-state index contributed by atoms with van der Waals surface area (Å²) in [6, 6.07) is 13.4. The summed E-state index contributed by atoms with van der Waals surface area (Å²) in [5.74, 6) is 1.46. The first-order chi connectivity index (χ1) is 10.5. The topological polar surface area (TPSA) is 41.9 Å². The van der Waals surface area contributed by atoms with Crippen LogP contribution in [0.15, 0.2) is 42.5 Å². The molecule has 1 atom stereocenters. The van der Waals surface area contributed by atoms with E-state index in [1.807, 2.05) is 61.5 Å². The maximum atomic E-state index is 11.6. The molecule has 116 valence electrons. The van der Waals surface area contributed by atoms with Crippen LogP contribution in [0.2, 0.25) is 0 Å². The lowest BCUT2D eigenvalue weighted by atomic mass is 9.83. The molecule has 3 rings (SSSR count). The van der Waals surface area contributed by atoms with Crippen molar-refractivity contribution in [1.82, 2.24) is 4.90 Å². The highest BCUT2D eigenvalue weighted by molar-refractivity contribution is 5.51. The van der Waals surface area contributed by atoms with Crippen LogP contribution in [0, 0.1) is 0 Å². The zero-order chi connectivity index (χ0) is 15.7. The Balaban J connectivity index is 2.24. The molecule has 0 aromatic heterocycles. The monoisotopic (exact) mass is 299 g/mol. The van der Waals surface area contributed by atoms with Crippen LogP contribution < -0.4 is 9.47 Å². The minimum atomic E-state index is -1.14. The van der Waals surface area contributed by atoms with Gasteiger partial charge >= 0.3 is 0 Å². The van der Waals surface area contributed by atoms with Gasteiger partial charge in [-0.3, -0.25) is 0 Å². The fraction of sp³-hybridized carbons (Fsp3) is 0.333. The molecule has 0 aliphatic carbocycles. The molecule has 0 bridgehead atoms. The van der Waals surface area contributed by atoms with Crippen molar-refractivity contribution in [2.24, 2.45) is 0 Å². The van der Waals surface area contributed by atoms with Gasteiger partial charge in [0.2, 0.25) is 0 Å². The lowest BCUT2D eigenvalue weighted by Gasteiger charge is -2.32. The fourth-order valence-corrected chi connectivity index (χ4v) is 3.06. The number of para-hydroxylation sites is 1. The van der Waals surface area contributed by atoms with E-state index in [-0.39, 0.29) is 0 Å². The van der Waals surface area contributed by atoms with Gasteiger partial charge in [0, 0.05) is 12.1 Å². The molecule has 4 heteroatoms. The quantitative estimate of drug-likeness (QED) is 0.945. The second-order valence-corrected chi connectivity index (χ2v) is 5.91. The number of likely N-dealkylation sites (N-methyl/N-ethyl adjacent to an activating group) is 1. The molecule has 0 spiro atoms. The first kappa shape index (κ1) is 14.9. The number of fused-ring (bicyclic) bond motifs is 2. The Kier molecular flexibility index (Phi) is 3.81. The third-order valence-electron chi connectivity index (χ3n) is 4.02. The van der Waals surface area contributed by atoms with Crippen LogP contribution in [0.3, 0.4) is 0 Å². The van der Waals surface area contributed by atoms with E-state index in [2.05, 4.69) is 0 Å². The van der Waals surface area contributed by atoms with Gasteiger partial charge in [-0.15, -0.1) is 0 Å². The van der Waals surface area contributed by atoms with Crippen molar-refractivity contribution in [2.45, 2.75) is 12.2 Å². The summed E-state index contributed by atoms with van der Waals surface area (Å²) in [7, 11) is 5.53. The number of rotatable bonds is 3. The normalized spacial score (nSPS) is 19.9. The summed E-state index contributed by atoms with van der Waals surface area (Å²) in [6.07, 6.45) is 0. The van der Waals surface area contributed by atoms with Crippen molar-refractivity contribution in [2.75, 3.05) is 27.7 Å². The maximum absolute atomic E-state index is 11.6. The van der Waals surface area contributed by atoms with E-state index in [0.29, 0.717) is 13.2 Å². The maximum Gasteiger partial charge on any atom is 0.131 e. The third-order valence-corrected chi connectivity index (χ3v) is 4.02. The number of hydrogen-bond acceptors (Lipinski definition) is 4. The summed E-state index contributed by atoms with van der Waals surface area (Å²) < 4.78 is 11.2. The summed E-state index contributed by atoms with van der Waals surface area (Å²) >= 11 is 0. The first-order valence-corrected chi connectivity index (χ1v) is 7.31. The number of ether oxygens (including phenoxy) is 2. The van der Waals surface area contributed by atoms with Gasteiger partial charge < -0.3 is 19.5 Å². The molecule has 2 aromatic carbocycles. The summed E-state index contributed by atoms with van der Waals surface area (Å²) in [5.41, 5.74) is 1.46. The molecule has 0 fully saturated rings. The summed E-state index contributed by atoms with van der Waals surface area (Å²) in [4.78, 5) is 1.98. The van der Waals surface area contributed by atoms with Gasteiger partial charge in [-0.2, -0.15) is 0 Å². The van der Waals surface area contributed by atoms with E-state index in [4.69, 9.17) is 9.47 Å². The van der Waals surface area contributed by atoms with E-state index in [1.54, 1.807) is 7.11 Å². The molecule has 0 amide bonds. The van der Waals surface area contributed by atoms with Crippen molar-refractivity contribution in [3.8, 4) is 11.5 Å². The van der Waals surface area contributed by atoms with E-state index in [0.717, 1.165) is 28.2 Å². The van der Waals surface area contributed by atoms with E-state index in [1.165, 1.54) is 0 Å². The molecule has 2 aromatic rings. The average Bonchev–Trinajstić information content (AvgIpc) is 2.63. The van der Waals surface area contributed by atoms with Crippen LogP contribution in [0.25, 0.3) is 0 Å². The van der Waals surface area contributed by atoms with Gasteiger partial charge in [-0.25, -0.2) is 0 Å². The smallest absolute Gasteiger partial charge is 0.131 e. The Bertz CT molecular complexity index is 684. The average molecular weight is 299 g/mol. The Morgan fingerprint density at radius 3 is 2.68 bits per heavy atom. The number of methoxy groups -OCH3 is 1. The van der Waals surface area contributed by atoms with Crippen LogP contribution in [-0.4, -0.2) is 37.8 Å². The highest BCUT2D eigenvalue weighted by Gasteiger charge is 2.39. The first-order valence-electron chi connectivity index (χ1n) is 7.31. The Hall–Kier alpha value is -2.04. The Morgan fingerprint density at radius 2 is 1.95 bits per heavy atom. The highest BCUT2D eigenvalue weighted by Crippen LogP contribution is 2.41. The molecule has 0 radical (unpaired) electrons. The Labute approximate surface area is 130 Å². The minimum Gasteiger partial charge on any atom is -0.497 e. The minimum absolute atomic E-state index is 0.437. The number of aliphatic hydroxyl groups is 1. The lowest BCUT2D eigenvalue weighted by Crippen LogP contribution is -2.39. The Morgan fingerprint density at radius 1 is 1.18 bits per heavy atom. The number of nitrogens with zero attached hydrogens (tertiary/aromatic N) is 1. The van der Waals surface area contributed by atoms with E-state index >= 15 is 0 Å². The van der Waals surface area contributed by atoms with E-state index < -0.39 is 5.60 Å². The van der Waals surface area contributed by atoms with Crippen molar-refractivity contribution < 1.29 is 14.6 Å². The molecule has 0 saturated heterocycles. The van der Waals surface area contributed by atoms with Gasteiger partial charge in [-0.1, -0.05) is 24.3 Å². The second-order valence-electron chi connectivity index (χ2n) is 5.91. The van der Waals surface area contributed by atoms with Gasteiger partial charge in [0.15, 0.2) is 0 Å². The van der Waals surface area contributed by atoms with Crippen molar-refractivity contribution >= 4 is 0 Å². The van der Waals surface area contributed by atoms with Crippen LogP contribution in [0.5, 0.6) is 11.5 Å². The zero-order valence-corrected chi connectivity index (χ0v) is 13.2. The molecule has 22 heavy (non-hydrogen) atoms. The predicted molar refractivity (Wildman–Crippen MR) is 85.3 cm³/mol. The van der Waals surface area contributed by atoms with Crippen LogP contribution >= 0.6 is 0 Å². The lowest BCUT2D eigenvalue weighted by molar-refractivity contribution is 0.0506. The molecule has 1 aliphatic heterocycles. The molecular formula is C18H21NO3. The number of hydrogen-bond donors (Lipinski definition) is 1. The molecule has 4 nitrogen and oxygen atoms in total. The summed E-state index contributed by atoms with van der Waals surface area (Å²) in [6.45, 7) is 0.902. The van der Waals surface area contributed by atoms with Crippen molar-refractivity contribution in [3.05, 3.63) is 59.2 Å². The highest BCUT2D eigenvalue weighted by atomic mass is 16.5. The second kappa shape index (κ2) is 5.63. The van der Waals surface area contributed by atoms with Gasteiger partial charge in [0.05, 0.1) is 7.11 Å². The predicted octanol–water partition coefficient (Wildman–Crippen LogP) is 2.39. The van der Waals surface area contributed by atoms with Gasteiger partial charge in [0.1, 0.15) is 23.7 Å². The molecule has 1 N–H and O–H groups in total. The van der Waals surface area contributed by atoms with E-state index in [9.17, 15) is 5.11 Å². The van der Waals surface area contributed by atoms with Crippen LogP contribution in [0.4, 0.5) is 0 Å². The number of benzene rings is 2.